The maximum Gasteiger partial charge on any atom is 0.253 e. The van der Waals surface area contributed by atoms with Gasteiger partial charge >= 0.3 is 0 Å². The molecule has 0 spiro atoms. The van der Waals surface area contributed by atoms with Crippen LogP contribution in [0.15, 0.2) is 48.8 Å². The van der Waals surface area contributed by atoms with Crippen LogP contribution in [-0.2, 0) is 16.0 Å². The Balaban J connectivity index is 1.62. The third kappa shape index (κ3) is 1.96. The number of carbonyl (C=O) groups excluding carboxylic acids is 1. The van der Waals surface area contributed by atoms with Gasteiger partial charge in [-0.05, 0) is 24.5 Å². The van der Waals surface area contributed by atoms with E-state index in [-0.39, 0.29) is 23.8 Å². The highest BCUT2D eigenvalue weighted by Crippen LogP contribution is 2.47. The van der Waals surface area contributed by atoms with Crippen LogP contribution in [0.5, 0.6) is 0 Å². The van der Waals surface area contributed by atoms with Crippen molar-refractivity contribution in [2.24, 2.45) is 11.8 Å². The quantitative estimate of drug-likeness (QED) is 0.787. The van der Waals surface area contributed by atoms with Crippen molar-refractivity contribution in [2.45, 2.75) is 25.2 Å². The van der Waals surface area contributed by atoms with Crippen LogP contribution in [0.25, 0.3) is 10.9 Å². The van der Waals surface area contributed by atoms with Gasteiger partial charge in [-0.15, -0.1) is 6.58 Å². The zero-order valence-electron chi connectivity index (χ0n) is 13.8. The largest absolute Gasteiger partial charge is 0.472 e. The SMILES string of the molecule is C=C[C@H]1[C@H](O)OC=C2C(=O)N3CCc4c([nH]c5ccccc45)[C@H]3C[C@H]21. The average Bonchev–Trinajstić information content (AvgIpc) is 3.01. The molecule has 1 saturated heterocycles. The number of piperidine rings is 1. The number of ether oxygens (including phenoxy) is 1. The lowest BCUT2D eigenvalue weighted by Gasteiger charge is -2.46. The molecule has 0 radical (unpaired) electrons. The van der Waals surface area contributed by atoms with Crippen LogP contribution in [0.2, 0.25) is 0 Å². The van der Waals surface area contributed by atoms with E-state index in [0.717, 1.165) is 24.1 Å². The number of para-hydroxylation sites is 1. The molecule has 0 bridgehead atoms. The summed E-state index contributed by atoms with van der Waals surface area (Å²) in [5, 5.41) is 11.4. The Hall–Kier alpha value is -2.53. The summed E-state index contributed by atoms with van der Waals surface area (Å²) in [6, 6.07) is 8.31. The van der Waals surface area contributed by atoms with E-state index in [1.54, 1.807) is 6.08 Å². The lowest BCUT2D eigenvalue weighted by molar-refractivity contribution is -0.143. The van der Waals surface area contributed by atoms with Crippen molar-refractivity contribution >= 4 is 16.8 Å². The van der Waals surface area contributed by atoms with Crippen molar-refractivity contribution in [3.63, 3.8) is 0 Å². The summed E-state index contributed by atoms with van der Waals surface area (Å²) in [6.45, 7) is 4.55. The Bertz CT molecular complexity index is 913. The van der Waals surface area contributed by atoms with Crippen LogP contribution >= 0.6 is 0 Å². The van der Waals surface area contributed by atoms with E-state index in [1.165, 1.54) is 17.2 Å². The van der Waals surface area contributed by atoms with Gasteiger partial charge in [0.1, 0.15) is 0 Å². The number of aromatic amines is 1. The number of hydrogen-bond donors (Lipinski definition) is 2. The predicted molar refractivity (Wildman–Crippen MR) is 93.4 cm³/mol. The second-order valence-corrected chi connectivity index (χ2v) is 7.08. The summed E-state index contributed by atoms with van der Waals surface area (Å²) in [5.74, 6) is -0.308. The molecule has 0 saturated carbocycles. The van der Waals surface area contributed by atoms with Crippen LogP contribution in [-0.4, -0.2) is 33.7 Å². The van der Waals surface area contributed by atoms with Crippen molar-refractivity contribution in [3.8, 4) is 0 Å². The van der Waals surface area contributed by atoms with Crippen LogP contribution in [0.1, 0.15) is 23.7 Å². The Kier molecular flexibility index (Phi) is 3.09. The standard InChI is InChI=1S/C20H20N2O3/c1-2-11-14-9-17-18-13(12-5-3-4-6-16(12)21-18)7-8-22(17)19(23)15(14)10-25-20(11)24/h2-6,10-11,14,17,20-21,24H,1,7-9H2/t11-,14+,17-,20-/m1/s1. The number of amides is 1. The minimum Gasteiger partial charge on any atom is -0.472 e. The van der Waals surface area contributed by atoms with Gasteiger partial charge < -0.3 is 19.7 Å². The van der Waals surface area contributed by atoms with E-state index in [2.05, 4.69) is 29.8 Å². The normalized spacial score (nSPS) is 30.8. The molecule has 5 heteroatoms. The summed E-state index contributed by atoms with van der Waals surface area (Å²) < 4.78 is 5.29. The third-order valence-electron chi connectivity index (χ3n) is 5.94. The molecule has 1 amide bonds. The summed E-state index contributed by atoms with van der Waals surface area (Å²) in [4.78, 5) is 18.5. The van der Waals surface area contributed by atoms with Crippen LogP contribution in [0.3, 0.4) is 0 Å². The molecule has 5 rings (SSSR count). The number of aliphatic hydroxyl groups excluding tert-OH is 1. The topological polar surface area (TPSA) is 65.6 Å². The lowest BCUT2D eigenvalue weighted by atomic mass is 9.74. The lowest BCUT2D eigenvalue weighted by Crippen LogP contribution is -2.50. The van der Waals surface area contributed by atoms with E-state index < -0.39 is 6.29 Å². The molecule has 1 fully saturated rings. The van der Waals surface area contributed by atoms with Crippen molar-refractivity contribution < 1.29 is 14.6 Å². The number of nitrogens with zero attached hydrogens (tertiary/aromatic N) is 1. The number of aromatic nitrogens is 1. The minimum atomic E-state index is -0.934. The summed E-state index contributed by atoms with van der Waals surface area (Å²) >= 11 is 0. The van der Waals surface area contributed by atoms with Crippen LogP contribution in [0, 0.1) is 11.8 Å². The number of rotatable bonds is 1. The second kappa shape index (κ2) is 5.23. The van der Waals surface area contributed by atoms with Crippen molar-refractivity contribution in [2.75, 3.05) is 6.54 Å². The highest BCUT2D eigenvalue weighted by Gasteiger charge is 2.47. The number of hydrogen-bond acceptors (Lipinski definition) is 3. The molecule has 2 aromatic rings. The summed E-state index contributed by atoms with van der Waals surface area (Å²) in [5.41, 5.74) is 4.24. The number of fused-ring (bicyclic) bond motifs is 6. The molecule has 128 valence electrons. The molecule has 1 aromatic carbocycles. The Labute approximate surface area is 145 Å². The molecule has 0 unspecified atom stereocenters. The maximum absolute atomic E-state index is 13.0. The Morgan fingerprint density at radius 2 is 2.20 bits per heavy atom. The van der Waals surface area contributed by atoms with E-state index in [0.29, 0.717) is 12.1 Å². The number of aliphatic hydroxyl groups is 1. The van der Waals surface area contributed by atoms with Crippen molar-refractivity contribution in [3.05, 3.63) is 60.0 Å². The first-order chi connectivity index (χ1) is 12.2. The van der Waals surface area contributed by atoms with Gasteiger partial charge in [-0.1, -0.05) is 24.3 Å². The van der Waals surface area contributed by atoms with Gasteiger partial charge in [-0.25, -0.2) is 0 Å². The number of benzene rings is 1. The van der Waals surface area contributed by atoms with Crippen molar-refractivity contribution in [1.29, 1.82) is 0 Å². The predicted octanol–water partition coefficient (Wildman–Crippen LogP) is 2.65. The molecule has 4 atom stereocenters. The second-order valence-electron chi connectivity index (χ2n) is 7.08. The highest BCUT2D eigenvalue weighted by molar-refractivity contribution is 5.96. The van der Waals surface area contributed by atoms with E-state index in [9.17, 15) is 9.90 Å². The average molecular weight is 336 g/mol. The first-order valence-corrected chi connectivity index (χ1v) is 8.75. The van der Waals surface area contributed by atoms with Gasteiger partial charge in [0.15, 0.2) is 0 Å². The van der Waals surface area contributed by atoms with E-state index in [1.807, 2.05) is 11.0 Å². The first kappa shape index (κ1) is 14.8. The van der Waals surface area contributed by atoms with Gasteiger partial charge in [0, 0.05) is 35.0 Å². The van der Waals surface area contributed by atoms with Gasteiger partial charge in [-0.3, -0.25) is 4.79 Å². The molecule has 4 heterocycles. The zero-order chi connectivity index (χ0) is 17.1. The van der Waals surface area contributed by atoms with Crippen molar-refractivity contribution in [1.82, 2.24) is 9.88 Å². The Morgan fingerprint density at radius 1 is 1.36 bits per heavy atom. The molecule has 3 aliphatic rings. The fourth-order valence-corrected chi connectivity index (χ4v) is 4.71. The minimum absolute atomic E-state index is 0.0125. The monoisotopic (exact) mass is 336 g/mol. The molecular weight excluding hydrogens is 316 g/mol. The fourth-order valence-electron chi connectivity index (χ4n) is 4.71. The Morgan fingerprint density at radius 3 is 3.04 bits per heavy atom. The molecule has 3 aliphatic heterocycles. The van der Waals surface area contributed by atoms with Gasteiger partial charge in [0.25, 0.3) is 5.91 Å². The van der Waals surface area contributed by atoms with Crippen LogP contribution < -0.4 is 0 Å². The number of carbonyl (C=O) groups is 1. The number of nitrogens with one attached hydrogen (secondary N) is 1. The summed E-state index contributed by atoms with van der Waals surface area (Å²) in [6.07, 6.45) is 3.86. The van der Waals surface area contributed by atoms with Crippen LogP contribution in [0.4, 0.5) is 0 Å². The third-order valence-corrected chi connectivity index (χ3v) is 5.94. The van der Waals surface area contributed by atoms with Gasteiger partial charge in [0.05, 0.1) is 17.9 Å². The molecule has 0 aliphatic carbocycles. The fraction of sp³-hybridized carbons (Fsp3) is 0.350. The zero-order valence-corrected chi connectivity index (χ0v) is 13.8. The highest BCUT2D eigenvalue weighted by atomic mass is 16.6. The van der Waals surface area contributed by atoms with E-state index in [4.69, 9.17) is 4.74 Å². The first-order valence-electron chi connectivity index (χ1n) is 8.75. The maximum atomic E-state index is 13.0. The summed E-state index contributed by atoms with van der Waals surface area (Å²) in [7, 11) is 0. The molecular formula is C20H20N2O3. The smallest absolute Gasteiger partial charge is 0.253 e. The molecule has 1 aromatic heterocycles. The number of H-pyrrole nitrogens is 1. The van der Waals surface area contributed by atoms with Gasteiger partial charge in [-0.2, -0.15) is 0 Å². The molecule has 25 heavy (non-hydrogen) atoms. The molecule has 2 N–H and O–H groups in total. The van der Waals surface area contributed by atoms with Gasteiger partial charge in [0.2, 0.25) is 6.29 Å². The molecule has 5 nitrogen and oxygen atoms in total. The van der Waals surface area contributed by atoms with E-state index >= 15 is 0 Å².